The zero-order valence-electron chi connectivity index (χ0n) is 16.0. The highest BCUT2D eigenvalue weighted by atomic mass is 35.5. The average molecular weight is 421 g/mol. The van der Waals surface area contributed by atoms with Gasteiger partial charge >= 0.3 is 0 Å². The Kier molecular flexibility index (Phi) is 6.43. The van der Waals surface area contributed by atoms with Gasteiger partial charge in [0.15, 0.2) is 22.4 Å². The van der Waals surface area contributed by atoms with E-state index in [0.29, 0.717) is 11.5 Å². The average Bonchev–Trinajstić information content (AvgIpc) is 3.28. The van der Waals surface area contributed by atoms with Crippen LogP contribution in [-0.2, 0) is 12.1 Å². The van der Waals surface area contributed by atoms with E-state index in [9.17, 15) is 5.11 Å². The van der Waals surface area contributed by atoms with Crippen LogP contribution in [0.4, 0.5) is 0 Å². The standard InChI is InChI=1S/C21H24N2O3S.ClH/c1-25-17-10-9-16(14-18(17)26-2)21(24)19(27-20-22-12-13-23(20)21)11-8-15-6-4-3-5-7-15;/h3-7,9-10,14,19,24H,8,11-13H2,1-2H3;1H. The molecule has 2 aromatic rings. The molecule has 2 aromatic carbocycles. The minimum Gasteiger partial charge on any atom is -0.493 e. The second-order valence-electron chi connectivity index (χ2n) is 6.74. The van der Waals surface area contributed by atoms with Crippen molar-refractivity contribution in [2.24, 2.45) is 4.99 Å². The fraction of sp³-hybridized carbons (Fsp3) is 0.381. The SMILES string of the molecule is COc1ccc(C2(O)C(CCc3ccccc3)SC3=NCCN32)cc1OC.Cl. The summed E-state index contributed by atoms with van der Waals surface area (Å²) in [6, 6.07) is 16.1. The fourth-order valence-electron chi connectivity index (χ4n) is 3.84. The lowest BCUT2D eigenvalue weighted by Gasteiger charge is -2.36. The molecule has 2 atom stereocenters. The Labute approximate surface area is 176 Å². The predicted octanol–water partition coefficient (Wildman–Crippen LogP) is 3.69. The summed E-state index contributed by atoms with van der Waals surface area (Å²) in [5.74, 6) is 1.28. The van der Waals surface area contributed by atoms with Gasteiger partial charge in [-0.15, -0.1) is 12.4 Å². The normalized spacial score (nSPS) is 23.0. The third-order valence-electron chi connectivity index (χ3n) is 5.26. The van der Waals surface area contributed by atoms with Crippen LogP contribution in [0.5, 0.6) is 11.5 Å². The van der Waals surface area contributed by atoms with Gasteiger partial charge in [0.1, 0.15) is 0 Å². The number of aryl methyl sites for hydroxylation is 1. The van der Waals surface area contributed by atoms with E-state index in [4.69, 9.17) is 9.47 Å². The second-order valence-corrected chi connectivity index (χ2v) is 7.91. The number of amidine groups is 1. The first-order chi connectivity index (χ1) is 13.2. The number of ether oxygens (including phenoxy) is 2. The van der Waals surface area contributed by atoms with Gasteiger partial charge in [-0.25, -0.2) is 0 Å². The Hall–Kier alpha value is -1.89. The molecule has 2 unspecified atom stereocenters. The molecule has 1 saturated heterocycles. The first kappa shape index (κ1) is 20.8. The molecule has 0 bridgehead atoms. The molecule has 0 aromatic heterocycles. The number of rotatable bonds is 6. The number of hydrogen-bond acceptors (Lipinski definition) is 6. The van der Waals surface area contributed by atoms with E-state index in [-0.39, 0.29) is 17.7 Å². The van der Waals surface area contributed by atoms with Gasteiger partial charge in [0.25, 0.3) is 0 Å². The lowest BCUT2D eigenvalue weighted by Crippen LogP contribution is -2.48. The van der Waals surface area contributed by atoms with Crippen molar-refractivity contribution in [1.29, 1.82) is 0 Å². The molecule has 5 nitrogen and oxygen atoms in total. The van der Waals surface area contributed by atoms with Crippen molar-refractivity contribution in [2.75, 3.05) is 27.3 Å². The molecule has 2 heterocycles. The minimum atomic E-state index is -1.10. The van der Waals surface area contributed by atoms with Gasteiger partial charge in [0.05, 0.1) is 26.0 Å². The molecule has 0 aliphatic carbocycles. The number of aliphatic imine (C=N–C) groups is 1. The third-order valence-corrected chi connectivity index (χ3v) is 6.67. The van der Waals surface area contributed by atoms with Crippen molar-refractivity contribution in [3.8, 4) is 11.5 Å². The van der Waals surface area contributed by atoms with Crippen LogP contribution in [0, 0.1) is 0 Å². The first-order valence-corrected chi connectivity index (χ1v) is 10.0. The van der Waals surface area contributed by atoms with Crippen molar-refractivity contribution in [3.63, 3.8) is 0 Å². The third kappa shape index (κ3) is 3.56. The molecule has 2 aliphatic rings. The van der Waals surface area contributed by atoms with E-state index in [0.717, 1.165) is 36.7 Å². The molecule has 0 saturated carbocycles. The molecule has 7 heteroatoms. The molecule has 1 fully saturated rings. The number of hydrogen-bond donors (Lipinski definition) is 1. The Morgan fingerprint density at radius 3 is 2.61 bits per heavy atom. The van der Waals surface area contributed by atoms with Gasteiger partial charge < -0.3 is 19.5 Å². The first-order valence-electron chi connectivity index (χ1n) is 9.14. The second kappa shape index (κ2) is 8.64. The summed E-state index contributed by atoms with van der Waals surface area (Å²) < 4.78 is 10.8. The summed E-state index contributed by atoms with van der Waals surface area (Å²) in [4.78, 5) is 6.63. The van der Waals surface area contributed by atoms with E-state index < -0.39 is 5.72 Å². The van der Waals surface area contributed by atoms with Gasteiger partial charge in [0, 0.05) is 12.1 Å². The summed E-state index contributed by atoms with van der Waals surface area (Å²) in [6.07, 6.45) is 1.77. The molecule has 0 spiro atoms. The van der Waals surface area contributed by atoms with Crippen LogP contribution in [0.3, 0.4) is 0 Å². The maximum absolute atomic E-state index is 11.9. The summed E-state index contributed by atoms with van der Waals surface area (Å²) in [5.41, 5.74) is 0.994. The number of thioether (sulfide) groups is 1. The monoisotopic (exact) mass is 420 g/mol. The topological polar surface area (TPSA) is 54.3 Å². The maximum atomic E-state index is 11.9. The molecule has 150 valence electrons. The lowest BCUT2D eigenvalue weighted by atomic mass is 9.93. The number of fused-ring (bicyclic) bond motifs is 1. The summed E-state index contributed by atoms with van der Waals surface area (Å²) in [6.45, 7) is 1.46. The number of methoxy groups -OCH3 is 2. The minimum absolute atomic E-state index is 0. The Morgan fingerprint density at radius 1 is 1.14 bits per heavy atom. The molecule has 0 radical (unpaired) electrons. The summed E-state index contributed by atoms with van der Waals surface area (Å²) in [7, 11) is 3.23. The maximum Gasteiger partial charge on any atom is 0.178 e. The molecule has 2 aliphatic heterocycles. The van der Waals surface area contributed by atoms with Crippen molar-refractivity contribution >= 4 is 29.3 Å². The number of aliphatic hydroxyl groups is 1. The van der Waals surface area contributed by atoms with Gasteiger partial charge in [-0.2, -0.15) is 0 Å². The van der Waals surface area contributed by atoms with Crippen molar-refractivity contribution in [1.82, 2.24) is 4.90 Å². The van der Waals surface area contributed by atoms with Gasteiger partial charge in [0.2, 0.25) is 0 Å². The van der Waals surface area contributed by atoms with E-state index >= 15 is 0 Å². The van der Waals surface area contributed by atoms with Crippen molar-refractivity contribution in [3.05, 3.63) is 59.7 Å². The van der Waals surface area contributed by atoms with Crippen LogP contribution in [-0.4, -0.2) is 47.7 Å². The Balaban J connectivity index is 0.00000225. The zero-order valence-corrected chi connectivity index (χ0v) is 17.6. The van der Waals surface area contributed by atoms with Crippen molar-refractivity contribution in [2.45, 2.75) is 23.8 Å². The Bertz CT molecular complexity index is 849. The number of benzene rings is 2. The highest BCUT2D eigenvalue weighted by Crippen LogP contribution is 2.49. The van der Waals surface area contributed by atoms with Gasteiger partial charge in [-0.05, 0) is 30.5 Å². The zero-order chi connectivity index (χ0) is 18.9. The van der Waals surface area contributed by atoms with Gasteiger partial charge in [-0.3, -0.25) is 4.99 Å². The fourth-order valence-corrected chi connectivity index (χ4v) is 5.28. The van der Waals surface area contributed by atoms with E-state index in [1.54, 1.807) is 26.0 Å². The van der Waals surface area contributed by atoms with E-state index in [1.807, 2.05) is 29.2 Å². The molecular formula is C21H25ClN2O3S. The predicted molar refractivity (Wildman–Crippen MR) is 116 cm³/mol. The van der Waals surface area contributed by atoms with Crippen LogP contribution in [0.25, 0.3) is 0 Å². The summed E-state index contributed by atoms with van der Waals surface area (Å²) in [5, 5.41) is 12.8. The molecule has 28 heavy (non-hydrogen) atoms. The number of nitrogens with zero attached hydrogens (tertiary/aromatic N) is 2. The number of halogens is 1. The van der Waals surface area contributed by atoms with E-state index in [1.165, 1.54) is 5.56 Å². The van der Waals surface area contributed by atoms with Crippen molar-refractivity contribution < 1.29 is 14.6 Å². The van der Waals surface area contributed by atoms with Crippen LogP contribution < -0.4 is 9.47 Å². The van der Waals surface area contributed by atoms with Gasteiger partial charge in [-0.1, -0.05) is 48.2 Å². The highest BCUT2D eigenvalue weighted by Gasteiger charge is 2.53. The highest BCUT2D eigenvalue weighted by molar-refractivity contribution is 8.14. The molecule has 1 N–H and O–H groups in total. The largest absolute Gasteiger partial charge is 0.493 e. The molecule has 4 rings (SSSR count). The van der Waals surface area contributed by atoms with Crippen LogP contribution in [0.15, 0.2) is 53.5 Å². The lowest BCUT2D eigenvalue weighted by molar-refractivity contribution is -0.0672. The van der Waals surface area contributed by atoms with E-state index in [2.05, 4.69) is 29.3 Å². The Morgan fingerprint density at radius 2 is 1.89 bits per heavy atom. The summed E-state index contributed by atoms with van der Waals surface area (Å²) >= 11 is 1.68. The molecular weight excluding hydrogens is 396 g/mol. The van der Waals surface area contributed by atoms with Crippen LogP contribution >= 0.6 is 24.2 Å². The molecule has 0 amide bonds. The van der Waals surface area contributed by atoms with Crippen LogP contribution in [0.1, 0.15) is 17.5 Å². The smallest absolute Gasteiger partial charge is 0.178 e. The quantitative estimate of drug-likeness (QED) is 0.772. The van der Waals surface area contributed by atoms with Crippen LogP contribution in [0.2, 0.25) is 0 Å².